The third-order valence-corrected chi connectivity index (χ3v) is 4.02. The molecule has 104 valence electrons. The van der Waals surface area contributed by atoms with E-state index < -0.39 is 5.82 Å². The van der Waals surface area contributed by atoms with Crippen LogP contribution in [0.25, 0.3) is 0 Å². The van der Waals surface area contributed by atoms with E-state index >= 15 is 0 Å². The molecule has 0 bridgehead atoms. The van der Waals surface area contributed by atoms with Gasteiger partial charge in [0.25, 0.3) is 0 Å². The van der Waals surface area contributed by atoms with Gasteiger partial charge < -0.3 is 4.90 Å². The van der Waals surface area contributed by atoms with Crippen molar-refractivity contribution in [3.63, 3.8) is 0 Å². The first-order valence-electron chi connectivity index (χ1n) is 6.95. The SMILES string of the molecule is CC(=O)c1c(F)cccc1N1CCCC(C)(C)CC1. The predicted octanol–water partition coefficient (Wildman–Crippen LogP) is 4.04. The number of halogens is 1. The quantitative estimate of drug-likeness (QED) is 0.750. The summed E-state index contributed by atoms with van der Waals surface area (Å²) in [6.45, 7) is 7.76. The van der Waals surface area contributed by atoms with E-state index in [2.05, 4.69) is 18.7 Å². The van der Waals surface area contributed by atoms with Crippen LogP contribution >= 0.6 is 0 Å². The van der Waals surface area contributed by atoms with Gasteiger partial charge in [-0.05, 0) is 43.7 Å². The summed E-state index contributed by atoms with van der Waals surface area (Å²) in [7, 11) is 0. The number of anilines is 1. The van der Waals surface area contributed by atoms with Crippen molar-refractivity contribution in [2.45, 2.75) is 40.0 Å². The number of ketones is 1. The molecule has 1 aliphatic heterocycles. The first-order valence-corrected chi connectivity index (χ1v) is 6.95. The summed E-state index contributed by atoms with van der Waals surface area (Å²) < 4.78 is 13.9. The number of rotatable bonds is 2. The van der Waals surface area contributed by atoms with E-state index in [0.29, 0.717) is 5.41 Å². The lowest BCUT2D eigenvalue weighted by molar-refractivity contribution is 0.101. The number of Topliss-reactive ketones (excluding diaryl/α,β-unsaturated/α-hetero) is 1. The molecular formula is C16H22FNO. The van der Waals surface area contributed by atoms with Crippen LogP contribution in [0.15, 0.2) is 18.2 Å². The number of hydrogen-bond acceptors (Lipinski definition) is 2. The zero-order valence-electron chi connectivity index (χ0n) is 12.0. The van der Waals surface area contributed by atoms with Crippen LogP contribution in [-0.2, 0) is 0 Å². The Bertz CT molecular complexity index is 482. The molecule has 1 saturated heterocycles. The Balaban J connectivity index is 2.32. The molecule has 0 saturated carbocycles. The van der Waals surface area contributed by atoms with Crippen LogP contribution in [0.3, 0.4) is 0 Å². The van der Waals surface area contributed by atoms with Gasteiger partial charge in [-0.3, -0.25) is 4.79 Å². The second-order valence-electron chi connectivity index (χ2n) is 6.19. The van der Waals surface area contributed by atoms with Crippen LogP contribution in [0, 0.1) is 11.2 Å². The van der Waals surface area contributed by atoms with E-state index in [4.69, 9.17) is 0 Å². The summed E-state index contributed by atoms with van der Waals surface area (Å²) in [5.74, 6) is -0.606. The highest BCUT2D eigenvalue weighted by Gasteiger charge is 2.25. The second-order valence-corrected chi connectivity index (χ2v) is 6.19. The Kier molecular flexibility index (Phi) is 3.93. The van der Waals surface area contributed by atoms with Crippen molar-refractivity contribution in [1.29, 1.82) is 0 Å². The Morgan fingerprint density at radius 1 is 1.26 bits per heavy atom. The van der Waals surface area contributed by atoms with Gasteiger partial charge in [0.15, 0.2) is 5.78 Å². The van der Waals surface area contributed by atoms with Crippen molar-refractivity contribution >= 4 is 11.5 Å². The van der Waals surface area contributed by atoms with Crippen molar-refractivity contribution in [2.75, 3.05) is 18.0 Å². The average Bonchev–Trinajstić information content (AvgIpc) is 2.49. The van der Waals surface area contributed by atoms with Gasteiger partial charge in [-0.2, -0.15) is 0 Å². The smallest absolute Gasteiger partial charge is 0.164 e. The van der Waals surface area contributed by atoms with Crippen LogP contribution in [0.4, 0.5) is 10.1 Å². The van der Waals surface area contributed by atoms with Gasteiger partial charge in [-0.25, -0.2) is 4.39 Å². The molecule has 1 aromatic rings. The maximum atomic E-state index is 13.9. The molecule has 1 fully saturated rings. The first-order chi connectivity index (χ1) is 8.91. The number of carbonyl (C=O) groups is 1. The fourth-order valence-corrected chi connectivity index (χ4v) is 2.79. The molecule has 0 aliphatic carbocycles. The van der Waals surface area contributed by atoms with Gasteiger partial charge in [0.2, 0.25) is 0 Å². The summed E-state index contributed by atoms with van der Waals surface area (Å²) in [6.07, 6.45) is 3.33. The standard InChI is InChI=1S/C16H22FNO/c1-12(19)15-13(17)6-4-7-14(15)18-10-5-8-16(2,3)9-11-18/h4,6-7H,5,8-11H2,1-3H3. The monoisotopic (exact) mass is 263 g/mol. The number of carbonyl (C=O) groups excluding carboxylic acids is 1. The molecule has 0 unspecified atom stereocenters. The predicted molar refractivity (Wildman–Crippen MR) is 76.2 cm³/mol. The molecule has 19 heavy (non-hydrogen) atoms. The molecule has 1 aliphatic rings. The summed E-state index contributed by atoms with van der Waals surface area (Å²) in [6, 6.07) is 4.91. The average molecular weight is 263 g/mol. The van der Waals surface area contributed by atoms with Crippen molar-refractivity contribution in [2.24, 2.45) is 5.41 Å². The Morgan fingerprint density at radius 3 is 2.68 bits per heavy atom. The van der Waals surface area contributed by atoms with E-state index in [1.807, 2.05) is 6.07 Å². The molecule has 0 aromatic heterocycles. The molecule has 0 amide bonds. The molecule has 0 atom stereocenters. The van der Waals surface area contributed by atoms with Crippen LogP contribution in [0.2, 0.25) is 0 Å². The van der Waals surface area contributed by atoms with Crippen molar-refractivity contribution in [1.82, 2.24) is 0 Å². The number of nitrogens with zero attached hydrogens (tertiary/aromatic N) is 1. The maximum Gasteiger partial charge on any atom is 0.164 e. The van der Waals surface area contributed by atoms with E-state index in [1.54, 1.807) is 6.07 Å². The lowest BCUT2D eigenvalue weighted by atomic mass is 9.85. The van der Waals surface area contributed by atoms with Gasteiger partial charge >= 0.3 is 0 Å². The van der Waals surface area contributed by atoms with Gasteiger partial charge in [0.05, 0.1) is 11.3 Å². The van der Waals surface area contributed by atoms with Crippen molar-refractivity contribution in [3.05, 3.63) is 29.6 Å². The van der Waals surface area contributed by atoms with E-state index in [9.17, 15) is 9.18 Å². The fourth-order valence-electron chi connectivity index (χ4n) is 2.79. The summed E-state index contributed by atoms with van der Waals surface area (Å²) in [5.41, 5.74) is 1.32. The highest BCUT2D eigenvalue weighted by Crippen LogP contribution is 2.33. The second kappa shape index (κ2) is 5.32. The summed E-state index contributed by atoms with van der Waals surface area (Å²) in [5, 5.41) is 0. The highest BCUT2D eigenvalue weighted by atomic mass is 19.1. The molecule has 3 heteroatoms. The molecule has 0 spiro atoms. The molecule has 1 heterocycles. The third kappa shape index (κ3) is 3.14. The van der Waals surface area contributed by atoms with Gasteiger partial charge in [0, 0.05) is 13.1 Å². The van der Waals surface area contributed by atoms with E-state index in [1.165, 1.54) is 19.4 Å². The summed E-state index contributed by atoms with van der Waals surface area (Å²) >= 11 is 0. The van der Waals surface area contributed by atoms with Crippen molar-refractivity contribution in [3.8, 4) is 0 Å². The zero-order valence-corrected chi connectivity index (χ0v) is 12.0. The van der Waals surface area contributed by atoms with Gasteiger partial charge in [0.1, 0.15) is 5.82 Å². The van der Waals surface area contributed by atoms with Crippen molar-refractivity contribution < 1.29 is 9.18 Å². The van der Waals surface area contributed by atoms with Gasteiger partial charge in [-0.15, -0.1) is 0 Å². The fraction of sp³-hybridized carbons (Fsp3) is 0.562. The minimum absolute atomic E-state index is 0.198. The lowest BCUT2D eigenvalue weighted by Crippen LogP contribution is -2.27. The summed E-state index contributed by atoms with van der Waals surface area (Å²) in [4.78, 5) is 13.8. The molecular weight excluding hydrogens is 241 g/mol. The highest BCUT2D eigenvalue weighted by molar-refractivity contribution is 6.00. The van der Waals surface area contributed by atoms with E-state index in [-0.39, 0.29) is 11.3 Å². The Labute approximate surface area is 114 Å². The molecule has 2 nitrogen and oxygen atoms in total. The van der Waals surface area contributed by atoms with Crippen LogP contribution < -0.4 is 4.90 Å². The maximum absolute atomic E-state index is 13.9. The Hall–Kier alpha value is -1.38. The number of hydrogen-bond donors (Lipinski definition) is 0. The number of benzene rings is 1. The molecule has 0 radical (unpaired) electrons. The Morgan fingerprint density at radius 2 is 2.00 bits per heavy atom. The topological polar surface area (TPSA) is 20.3 Å². The zero-order chi connectivity index (χ0) is 14.0. The van der Waals surface area contributed by atoms with Crippen LogP contribution in [0.5, 0.6) is 0 Å². The van der Waals surface area contributed by atoms with Crippen LogP contribution in [0.1, 0.15) is 50.4 Å². The van der Waals surface area contributed by atoms with E-state index in [0.717, 1.165) is 31.6 Å². The molecule has 2 rings (SSSR count). The largest absolute Gasteiger partial charge is 0.371 e. The first kappa shape index (κ1) is 14.0. The lowest BCUT2D eigenvalue weighted by Gasteiger charge is -2.26. The minimum atomic E-state index is -0.409. The van der Waals surface area contributed by atoms with Crippen LogP contribution in [-0.4, -0.2) is 18.9 Å². The third-order valence-electron chi connectivity index (χ3n) is 4.02. The molecule has 1 aromatic carbocycles. The minimum Gasteiger partial charge on any atom is -0.371 e. The normalized spacial score (nSPS) is 19.1. The molecule has 0 N–H and O–H groups in total. The van der Waals surface area contributed by atoms with Gasteiger partial charge in [-0.1, -0.05) is 19.9 Å².